The summed E-state index contributed by atoms with van der Waals surface area (Å²) in [6.45, 7) is 7.44. The maximum absolute atomic E-state index is 13.3. The van der Waals surface area contributed by atoms with Crippen molar-refractivity contribution in [1.82, 2.24) is 10.6 Å². The smallest absolute Gasteiger partial charge is 0.255 e. The lowest BCUT2D eigenvalue weighted by molar-refractivity contribution is -0.113. The first-order chi connectivity index (χ1) is 21.4. The standard InChI is InChI=1S/C36H44N4O4/c1-4-19-40(34-12-6-5-9-26(34)2)20-7-10-28-13-14-29(22-33(28)39-36(43)30-11-8-21-44-25-30)35(42)38-24-31(23-37-3)27-15-17-32(41)18-16-27/h5-6,8-9,11-18,21-22,31,37,41H,4,7,10,19-20,23-25H2,1-3H3,(H,38,42)(H,39,43)/t31-/m0/s1. The zero-order valence-electron chi connectivity index (χ0n) is 25.9. The number of allylic oxidation sites excluding steroid dienone is 2. The molecular formula is C36H44N4O4. The summed E-state index contributed by atoms with van der Waals surface area (Å²) in [7, 11) is 1.87. The molecule has 0 saturated carbocycles. The number of ether oxygens (including phenoxy) is 1. The second-order valence-corrected chi connectivity index (χ2v) is 11.1. The first-order valence-electron chi connectivity index (χ1n) is 15.3. The summed E-state index contributed by atoms with van der Waals surface area (Å²) in [6.07, 6.45) is 7.67. The number of phenols is 1. The predicted octanol–water partition coefficient (Wildman–Crippen LogP) is 5.69. The van der Waals surface area contributed by atoms with Crippen LogP contribution in [0.15, 0.2) is 90.7 Å². The molecule has 3 aromatic carbocycles. The number of aromatic hydroxyl groups is 1. The number of phenolic OH excluding ortho intramolecular Hbond substituents is 1. The number of para-hydroxylation sites is 1. The maximum atomic E-state index is 13.3. The molecule has 1 atom stereocenters. The zero-order valence-corrected chi connectivity index (χ0v) is 25.9. The van der Waals surface area contributed by atoms with Gasteiger partial charge in [0.2, 0.25) is 0 Å². The molecule has 2 amide bonds. The molecule has 8 heteroatoms. The van der Waals surface area contributed by atoms with E-state index in [1.165, 1.54) is 11.3 Å². The maximum Gasteiger partial charge on any atom is 0.255 e. The van der Waals surface area contributed by atoms with Crippen LogP contribution in [0.2, 0.25) is 0 Å². The van der Waals surface area contributed by atoms with Crippen molar-refractivity contribution in [3.63, 3.8) is 0 Å². The van der Waals surface area contributed by atoms with E-state index in [0.717, 1.165) is 43.5 Å². The molecule has 0 aliphatic carbocycles. The molecule has 3 aromatic rings. The number of hydrogen-bond acceptors (Lipinski definition) is 6. The van der Waals surface area contributed by atoms with Gasteiger partial charge in [0.05, 0.1) is 11.8 Å². The molecule has 0 bridgehead atoms. The monoisotopic (exact) mass is 596 g/mol. The summed E-state index contributed by atoms with van der Waals surface area (Å²) < 4.78 is 5.32. The summed E-state index contributed by atoms with van der Waals surface area (Å²) in [5, 5.41) is 18.9. The third-order valence-electron chi connectivity index (χ3n) is 7.77. The number of nitrogens with zero attached hydrogens (tertiary/aromatic N) is 1. The normalized spacial score (nSPS) is 13.0. The fraction of sp³-hybridized carbons (Fsp3) is 0.333. The van der Waals surface area contributed by atoms with Gasteiger partial charge in [0.1, 0.15) is 12.4 Å². The molecular weight excluding hydrogens is 552 g/mol. The van der Waals surface area contributed by atoms with E-state index in [2.05, 4.69) is 59.0 Å². The molecule has 0 fully saturated rings. The minimum atomic E-state index is -0.248. The summed E-state index contributed by atoms with van der Waals surface area (Å²) in [5.41, 5.74) is 6.10. The van der Waals surface area contributed by atoms with Crippen LogP contribution >= 0.6 is 0 Å². The van der Waals surface area contributed by atoms with Gasteiger partial charge in [0, 0.05) is 49.0 Å². The Bertz CT molecular complexity index is 1470. The highest BCUT2D eigenvalue weighted by molar-refractivity contribution is 6.05. The minimum absolute atomic E-state index is 0.0219. The van der Waals surface area contributed by atoms with E-state index in [0.29, 0.717) is 29.9 Å². The Kier molecular flexibility index (Phi) is 12.0. The van der Waals surface area contributed by atoms with Crippen molar-refractivity contribution in [3.05, 3.63) is 113 Å². The number of amides is 2. The molecule has 4 rings (SSSR count). The fourth-order valence-electron chi connectivity index (χ4n) is 5.41. The predicted molar refractivity (Wildman–Crippen MR) is 177 cm³/mol. The van der Waals surface area contributed by atoms with Crippen molar-refractivity contribution in [1.29, 1.82) is 0 Å². The van der Waals surface area contributed by atoms with Gasteiger partial charge in [-0.05, 0) is 92.4 Å². The lowest BCUT2D eigenvalue weighted by Gasteiger charge is -2.26. The van der Waals surface area contributed by atoms with Crippen molar-refractivity contribution < 1.29 is 19.4 Å². The number of hydrogen-bond donors (Lipinski definition) is 4. The average molecular weight is 597 g/mol. The van der Waals surface area contributed by atoms with Crippen LogP contribution in [0.25, 0.3) is 0 Å². The Hall–Kier alpha value is -4.56. The summed E-state index contributed by atoms with van der Waals surface area (Å²) in [6, 6.07) is 21.0. The largest absolute Gasteiger partial charge is 0.508 e. The molecule has 44 heavy (non-hydrogen) atoms. The van der Waals surface area contributed by atoms with Crippen LogP contribution < -0.4 is 20.9 Å². The van der Waals surface area contributed by atoms with Crippen LogP contribution in [0.5, 0.6) is 5.75 Å². The zero-order chi connectivity index (χ0) is 31.3. The molecule has 232 valence electrons. The molecule has 4 N–H and O–H groups in total. The van der Waals surface area contributed by atoms with Gasteiger partial charge >= 0.3 is 0 Å². The van der Waals surface area contributed by atoms with Crippen molar-refractivity contribution in [2.75, 3.05) is 50.1 Å². The number of anilines is 2. The fourth-order valence-corrected chi connectivity index (χ4v) is 5.41. The van der Waals surface area contributed by atoms with Crippen LogP contribution in [-0.2, 0) is 16.0 Å². The highest BCUT2D eigenvalue weighted by Gasteiger charge is 2.18. The van der Waals surface area contributed by atoms with Crippen molar-refractivity contribution in [2.45, 2.75) is 39.0 Å². The van der Waals surface area contributed by atoms with E-state index in [-0.39, 0.29) is 30.1 Å². The van der Waals surface area contributed by atoms with E-state index in [1.807, 2.05) is 31.3 Å². The number of benzene rings is 3. The lowest BCUT2D eigenvalue weighted by atomic mass is 9.98. The van der Waals surface area contributed by atoms with Gasteiger partial charge in [-0.15, -0.1) is 0 Å². The third-order valence-corrected chi connectivity index (χ3v) is 7.77. The lowest BCUT2D eigenvalue weighted by Crippen LogP contribution is -2.32. The molecule has 0 spiro atoms. The van der Waals surface area contributed by atoms with Crippen LogP contribution in [0.4, 0.5) is 11.4 Å². The number of aryl methyl sites for hydroxylation is 2. The molecule has 0 radical (unpaired) electrons. The van der Waals surface area contributed by atoms with E-state index in [4.69, 9.17) is 4.74 Å². The highest BCUT2D eigenvalue weighted by Crippen LogP contribution is 2.24. The first-order valence-corrected chi connectivity index (χ1v) is 15.3. The quantitative estimate of drug-likeness (QED) is 0.180. The Morgan fingerprint density at radius 3 is 2.50 bits per heavy atom. The summed E-state index contributed by atoms with van der Waals surface area (Å²) >= 11 is 0. The van der Waals surface area contributed by atoms with Crippen LogP contribution in [0.3, 0.4) is 0 Å². The van der Waals surface area contributed by atoms with E-state index >= 15 is 0 Å². The highest BCUT2D eigenvalue weighted by atomic mass is 16.5. The van der Waals surface area contributed by atoms with Crippen molar-refractivity contribution >= 4 is 23.2 Å². The van der Waals surface area contributed by atoms with Crippen molar-refractivity contribution in [3.8, 4) is 5.75 Å². The SMILES string of the molecule is CCCN(CCCc1ccc(C(=O)NC[C@H](CNC)c2ccc(O)cc2)cc1NC(=O)C1=CC=COC1)c1ccccc1C. The van der Waals surface area contributed by atoms with Gasteiger partial charge in [-0.3, -0.25) is 9.59 Å². The number of rotatable bonds is 15. The van der Waals surface area contributed by atoms with Crippen LogP contribution in [0, 0.1) is 6.92 Å². The second kappa shape index (κ2) is 16.3. The average Bonchev–Trinajstić information content (AvgIpc) is 3.04. The molecule has 1 heterocycles. The van der Waals surface area contributed by atoms with Gasteiger partial charge in [-0.1, -0.05) is 43.3 Å². The number of carbonyl (C=O) groups excluding carboxylic acids is 2. The first kappa shape index (κ1) is 32.4. The molecule has 0 saturated heterocycles. The van der Waals surface area contributed by atoms with E-state index in [1.54, 1.807) is 36.6 Å². The van der Waals surface area contributed by atoms with Crippen molar-refractivity contribution in [2.24, 2.45) is 0 Å². The van der Waals surface area contributed by atoms with Crippen LogP contribution in [-0.4, -0.2) is 56.8 Å². The Labute approximate surface area is 260 Å². The van der Waals surface area contributed by atoms with Gasteiger partial charge in [-0.2, -0.15) is 0 Å². The topological polar surface area (TPSA) is 103 Å². The van der Waals surface area contributed by atoms with E-state index in [9.17, 15) is 14.7 Å². The number of likely N-dealkylation sites (N-methyl/N-ethyl adjacent to an activating group) is 1. The molecule has 0 aromatic heterocycles. The van der Waals surface area contributed by atoms with Gasteiger partial charge in [-0.25, -0.2) is 0 Å². The van der Waals surface area contributed by atoms with Gasteiger partial charge in [0.25, 0.3) is 11.8 Å². The second-order valence-electron chi connectivity index (χ2n) is 11.1. The number of carbonyl (C=O) groups is 2. The summed E-state index contributed by atoms with van der Waals surface area (Å²) in [5.74, 6) is -0.241. The molecule has 1 aliphatic rings. The van der Waals surface area contributed by atoms with E-state index < -0.39 is 0 Å². The number of nitrogens with one attached hydrogen (secondary N) is 3. The molecule has 8 nitrogen and oxygen atoms in total. The van der Waals surface area contributed by atoms with Gasteiger partial charge in [0.15, 0.2) is 0 Å². The third kappa shape index (κ3) is 8.97. The minimum Gasteiger partial charge on any atom is -0.508 e. The Morgan fingerprint density at radius 2 is 1.80 bits per heavy atom. The molecule has 1 aliphatic heterocycles. The molecule has 0 unspecified atom stereocenters. The Balaban J connectivity index is 1.50. The van der Waals surface area contributed by atoms with Crippen LogP contribution in [0.1, 0.15) is 52.7 Å². The summed E-state index contributed by atoms with van der Waals surface area (Å²) in [4.78, 5) is 28.9. The van der Waals surface area contributed by atoms with Gasteiger partial charge < -0.3 is 30.7 Å². The Morgan fingerprint density at radius 1 is 1.00 bits per heavy atom.